The van der Waals surface area contributed by atoms with Gasteiger partial charge in [-0.15, -0.1) is 5.10 Å². The summed E-state index contributed by atoms with van der Waals surface area (Å²) in [6.45, 7) is 3.98. The molecule has 3 heterocycles. The van der Waals surface area contributed by atoms with Crippen LogP contribution in [0.15, 0.2) is 48.7 Å². The Bertz CT molecular complexity index is 802. The van der Waals surface area contributed by atoms with Crippen molar-refractivity contribution in [3.05, 3.63) is 71.2 Å². The fourth-order valence-electron chi connectivity index (χ4n) is 3.59. The van der Waals surface area contributed by atoms with Crippen LogP contribution in [0.1, 0.15) is 41.3 Å². The van der Waals surface area contributed by atoms with Gasteiger partial charge in [0.1, 0.15) is 0 Å². The molecule has 0 atom stereocenters. The van der Waals surface area contributed by atoms with E-state index in [0.717, 1.165) is 43.9 Å². The summed E-state index contributed by atoms with van der Waals surface area (Å²) in [4.78, 5) is 2.33. The zero-order valence-electron chi connectivity index (χ0n) is 14.5. The molecule has 0 bridgehead atoms. The van der Waals surface area contributed by atoms with E-state index in [1.165, 1.54) is 16.8 Å². The van der Waals surface area contributed by atoms with Crippen molar-refractivity contribution in [3.63, 3.8) is 0 Å². The monoisotopic (exact) mass is 333 g/mol. The molecule has 4 rings (SSSR count). The van der Waals surface area contributed by atoms with E-state index < -0.39 is 0 Å². The third-order valence-electron chi connectivity index (χ3n) is 5.00. The molecule has 0 saturated carbocycles. The molecule has 25 heavy (non-hydrogen) atoms. The molecular weight excluding hydrogens is 310 g/mol. The first kappa shape index (κ1) is 15.8. The quantitative estimate of drug-likeness (QED) is 0.794. The normalized spacial score (nSPS) is 15.5. The summed E-state index contributed by atoms with van der Waals surface area (Å²) in [5.74, 6) is 1.52. The molecule has 5 nitrogen and oxygen atoms in total. The van der Waals surface area contributed by atoms with Gasteiger partial charge in [0.25, 0.3) is 0 Å². The van der Waals surface area contributed by atoms with E-state index in [1.54, 1.807) is 0 Å². The summed E-state index contributed by atoms with van der Waals surface area (Å²) < 4.78 is 0. The number of anilines is 1. The first-order chi connectivity index (χ1) is 12.3. The van der Waals surface area contributed by atoms with Gasteiger partial charge < -0.3 is 4.90 Å². The standard InChI is InChI=1S/C20H23N5/c1-15-7-8-19(23-22-15)25-11-9-17(10-12-25)20-18(14-21-24-20)13-16-5-3-2-4-6-16/h2-8,14,17H,9-13H2,1H3,(H,21,24). The minimum absolute atomic E-state index is 0.538. The topological polar surface area (TPSA) is 57.7 Å². The number of rotatable bonds is 4. The maximum absolute atomic E-state index is 4.32. The highest BCUT2D eigenvalue weighted by atomic mass is 15.3. The zero-order valence-corrected chi connectivity index (χ0v) is 14.5. The van der Waals surface area contributed by atoms with Gasteiger partial charge in [0.15, 0.2) is 5.82 Å². The third-order valence-corrected chi connectivity index (χ3v) is 5.00. The van der Waals surface area contributed by atoms with Crippen molar-refractivity contribution in [1.29, 1.82) is 0 Å². The van der Waals surface area contributed by atoms with Crippen molar-refractivity contribution in [3.8, 4) is 0 Å². The molecule has 1 fully saturated rings. The largest absolute Gasteiger partial charge is 0.355 e. The lowest BCUT2D eigenvalue weighted by atomic mass is 9.90. The van der Waals surface area contributed by atoms with Crippen molar-refractivity contribution >= 4 is 5.82 Å². The molecule has 0 unspecified atom stereocenters. The van der Waals surface area contributed by atoms with Crippen molar-refractivity contribution < 1.29 is 0 Å². The number of nitrogens with zero attached hydrogens (tertiary/aromatic N) is 4. The van der Waals surface area contributed by atoms with Crippen LogP contribution in [-0.2, 0) is 6.42 Å². The molecule has 2 aromatic heterocycles. The molecule has 0 amide bonds. The lowest BCUT2D eigenvalue weighted by Gasteiger charge is -2.32. The molecule has 1 aliphatic heterocycles. The van der Waals surface area contributed by atoms with Gasteiger partial charge in [-0.1, -0.05) is 30.3 Å². The van der Waals surface area contributed by atoms with E-state index in [0.29, 0.717) is 5.92 Å². The van der Waals surface area contributed by atoms with Gasteiger partial charge in [-0.25, -0.2) is 0 Å². The zero-order chi connectivity index (χ0) is 17.1. The lowest BCUT2D eigenvalue weighted by molar-refractivity contribution is 0.489. The highest BCUT2D eigenvalue weighted by Crippen LogP contribution is 2.31. The number of aryl methyl sites for hydroxylation is 1. The molecule has 128 valence electrons. The Morgan fingerprint density at radius 3 is 2.56 bits per heavy atom. The Kier molecular flexibility index (Phi) is 4.46. The van der Waals surface area contributed by atoms with Crippen molar-refractivity contribution in [2.45, 2.75) is 32.1 Å². The molecule has 0 aliphatic carbocycles. The molecule has 0 spiro atoms. The van der Waals surface area contributed by atoms with E-state index in [9.17, 15) is 0 Å². The van der Waals surface area contributed by atoms with E-state index in [1.807, 2.05) is 19.2 Å². The van der Waals surface area contributed by atoms with E-state index in [-0.39, 0.29) is 0 Å². The molecule has 3 aromatic rings. The fourth-order valence-corrected chi connectivity index (χ4v) is 3.59. The number of hydrogen-bond acceptors (Lipinski definition) is 4. The number of piperidine rings is 1. The van der Waals surface area contributed by atoms with Crippen molar-refractivity contribution in [1.82, 2.24) is 20.4 Å². The van der Waals surface area contributed by atoms with Gasteiger partial charge in [-0.3, -0.25) is 5.10 Å². The molecule has 5 heteroatoms. The number of aromatic nitrogens is 4. The van der Waals surface area contributed by atoms with Crippen molar-refractivity contribution in [2.75, 3.05) is 18.0 Å². The Labute approximate surface area is 148 Å². The predicted molar refractivity (Wildman–Crippen MR) is 98.8 cm³/mol. The second kappa shape index (κ2) is 7.05. The molecular formula is C20H23N5. The first-order valence-corrected chi connectivity index (χ1v) is 8.91. The van der Waals surface area contributed by atoms with Gasteiger partial charge >= 0.3 is 0 Å². The van der Waals surface area contributed by atoms with E-state index in [2.05, 4.69) is 61.7 Å². The summed E-state index contributed by atoms with van der Waals surface area (Å²) >= 11 is 0. The smallest absolute Gasteiger partial charge is 0.151 e. The Morgan fingerprint density at radius 2 is 1.84 bits per heavy atom. The summed E-state index contributed by atoms with van der Waals surface area (Å²) in [7, 11) is 0. The molecule has 0 radical (unpaired) electrons. The summed E-state index contributed by atoms with van der Waals surface area (Å²) in [6.07, 6.45) is 5.15. The third kappa shape index (κ3) is 3.55. The average molecular weight is 333 g/mol. The fraction of sp³-hybridized carbons (Fsp3) is 0.350. The minimum atomic E-state index is 0.538. The van der Waals surface area contributed by atoms with Crippen LogP contribution in [0, 0.1) is 6.92 Å². The minimum Gasteiger partial charge on any atom is -0.355 e. The number of benzene rings is 1. The molecule has 1 aromatic carbocycles. The van der Waals surface area contributed by atoms with Crippen LogP contribution < -0.4 is 4.90 Å². The van der Waals surface area contributed by atoms with E-state index in [4.69, 9.17) is 0 Å². The molecule has 1 saturated heterocycles. The second-order valence-electron chi connectivity index (χ2n) is 6.77. The SMILES string of the molecule is Cc1ccc(N2CCC(c3[nH]ncc3Cc3ccccc3)CC2)nn1. The van der Waals surface area contributed by atoms with Gasteiger partial charge in [0.05, 0.1) is 11.9 Å². The Morgan fingerprint density at radius 1 is 1.04 bits per heavy atom. The van der Waals surface area contributed by atoms with Crippen LogP contribution in [0.2, 0.25) is 0 Å². The van der Waals surface area contributed by atoms with Crippen LogP contribution in [0.4, 0.5) is 5.82 Å². The summed E-state index contributed by atoms with van der Waals surface area (Å²) in [6, 6.07) is 14.7. The maximum atomic E-state index is 4.32. The first-order valence-electron chi connectivity index (χ1n) is 8.91. The predicted octanol–water partition coefficient (Wildman–Crippen LogP) is 3.48. The summed E-state index contributed by atoms with van der Waals surface area (Å²) in [5, 5.41) is 16.1. The maximum Gasteiger partial charge on any atom is 0.151 e. The lowest BCUT2D eigenvalue weighted by Crippen LogP contribution is -2.34. The van der Waals surface area contributed by atoms with Gasteiger partial charge in [-0.2, -0.15) is 10.2 Å². The van der Waals surface area contributed by atoms with Gasteiger partial charge in [0, 0.05) is 31.1 Å². The van der Waals surface area contributed by atoms with Crippen LogP contribution >= 0.6 is 0 Å². The average Bonchev–Trinajstić information content (AvgIpc) is 3.11. The molecule has 1 aliphatic rings. The highest BCUT2D eigenvalue weighted by Gasteiger charge is 2.24. The second-order valence-corrected chi connectivity index (χ2v) is 6.77. The van der Waals surface area contributed by atoms with Crippen molar-refractivity contribution in [2.24, 2.45) is 0 Å². The number of aromatic amines is 1. The van der Waals surface area contributed by atoms with Gasteiger partial charge in [0.2, 0.25) is 0 Å². The van der Waals surface area contributed by atoms with Crippen LogP contribution in [0.3, 0.4) is 0 Å². The van der Waals surface area contributed by atoms with E-state index >= 15 is 0 Å². The highest BCUT2D eigenvalue weighted by molar-refractivity contribution is 5.38. The van der Waals surface area contributed by atoms with Crippen LogP contribution in [0.5, 0.6) is 0 Å². The van der Waals surface area contributed by atoms with Crippen LogP contribution in [0.25, 0.3) is 0 Å². The number of H-pyrrole nitrogens is 1. The molecule has 1 N–H and O–H groups in total. The van der Waals surface area contributed by atoms with Crippen LogP contribution in [-0.4, -0.2) is 33.5 Å². The van der Waals surface area contributed by atoms with Gasteiger partial charge in [-0.05, 0) is 43.0 Å². The number of nitrogens with one attached hydrogen (secondary N) is 1. The summed E-state index contributed by atoms with van der Waals surface area (Å²) in [5.41, 5.74) is 4.91. The Hall–Kier alpha value is -2.69. The number of hydrogen-bond donors (Lipinski definition) is 1. The Balaban J connectivity index is 1.43.